The summed E-state index contributed by atoms with van der Waals surface area (Å²) < 4.78 is 25.6. The summed E-state index contributed by atoms with van der Waals surface area (Å²) in [5.41, 5.74) is 3.77. The molecule has 5 nitrogen and oxygen atoms in total. The van der Waals surface area contributed by atoms with Crippen molar-refractivity contribution in [2.24, 2.45) is 0 Å². The number of carbonyl (C=O) groups is 1. The van der Waals surface area contributed by atoms with Crippen LogP contribution in [-0.2, 0) is 9.84 Å². The number of hydrogen-bond acceptors (Lipinski definition) is 3. The molecule has 1 amide bonds. The molecule has 1 aliphatic heterocycles. The monoisotopic (exact) mass is 374 g/mol. The highest BCUT2D eigenvalue weighted by atomic mass is 32.2. The first-order valence-corrected chi connectivity index (χ1v) is 10.7. The lowest BCUT2D eigenvalue weighted by Gasteiger charge is -2.24. The molecule has 2 atom stereocenters. The Morgan fingerprint density at radius 3 is 2.46 bits per heavy atom. The zero-order valence-electron chi connectivity index (χ0n) is 15.8. The first-order valence-electron chi connectivity index (χ1n) is 8.92. The maximum absolute atomic E-state index is 13.0. The van der Waals surface area contributed by atoms with E-state index in [9.17, 15) is 13.2 Å². The van der Waals surface area contributed by atoms with Gasteiger partial charge in [-0.25, -0.2) is 8.42 Å². The standard InChI is InChI=1S/C20H26N2O3S/c1-14-12-19(20(23)21(4)18-10-11-26(24,25)13-18)16(3)22(14)15(2)17-8-6-5-7-9-17/h5-9,12,15,18H,10-11,13H2,1-4H3/t15-,18-/m0/s1. The van der Waals surface area contributed by atoms with Crippen LogP contribution in [-0.4, -0.2) is 48.4 Å². The molecule has 1 aromatic heterocycles. The van der Waals surface area contributed by atoms with Crippen LogP contribution < -0.4 is 0 Å². The summed E-state index contributed by atoms with van der Waals surface area (Å²) in [5.74, 6) is 0.125. The summed E-state index contributed by atoms with van der Waals surface area (Å²) in [6.45, 7) is 6.08. The van der Waals surface area contributed by atoms with Gasteiger partial charge >= 0.3 is 0 Å². The van der Waals surface area contributed by atoms with Gasteiger partial charge in [-0.1, -0.05) is 30.3 Å². The molecule has 140 valence electrons. The number of sulfone groups is 1. The first-order chi connectivity index (χ1) is 12.2. The van der Waals surface area contributed by atoms with Gasteiger partial charge in [-0.3, -0.25) is 4.79 Å². The van der Waals surface area contributed by atoms with Crippen LogP contribution >= 0.6 is 0 Å². The Bertz CT molecular complexity index is 916. The number of amides is 1. The Morgan fingerprint density at radius 2 is 1.88 bits per heavy atom. The number of benzene rings is 1. The second-order valence-corrected chi connectivity index (χ2v) is 9.44. The zero-order chi connectivity index (χ0) is 19.1. The summed E-state index contributed by atoms with van der Waals surface area (Å²) in [6, 6.07) is 12.0. The molecule has 1 saturated heterocycles. The number of hydrogen-bond donors (Lipinski definition) is 0. The molecule has 0 spiro atoms. The van der Waals surface area contributed by atoms with Crippen molar-refractivity contribution >= 4 is 15.7 Å². The molecule has 26 heavy (non-hydrogen) atoms. The van der Waals surface area contributed by atoms with Crippen LogP contribution in [0.25, 0.3) is 0 Å². The van der Waals surface area contributed by atoms with E-state index in [0.29, 0.717) is 12.0 Å². The average molecular weight is 375 g/mol. The van der Waals surface area contributed by atoms with Gasteiger partial charge in [-0.15, -0.1) is 0 Å². The van der Waals surface area contributed by atoms with Crippen LogP contribution in [0.3, 0.4) is 0 Å². The predicted octanol–water partition coefficient (Wildman–Crippen LogP) is 2.97. The Hall–Kier alpha value is -2.08. The Balaban J connectivity index is 1.89. The average Bonchev–Trinajstić information content (AvgIpc) is 3.12. The van der Waals surface area contributed by atoms with Crippen LogP contribution in [0.4, 0.5) is 0 Å². The fraction of sp³-hybridized carbons (Fsp3) is 0.450. The van der Waals surface area contributed by atoms with E-state index in [1.54, 1.807) is 11.9 Å². The molecule has 1 aliphatic rings. The fourth-order valence-electron chi connectivity index (χ4n) is 3.91. The van der Waals surface area contributed by atoms with Crippen LogP contribution in [0, 0.1) is 13.8 Å². The van der Waals surface area contributed by atoms with Crippen LogP contribution in [0.15, 0.2) is 36.4 Å². The molecule has 3 rings (SSSR count). The van der Waals surface area contributed by atoms with Crippen molar-refractivity contribution in [3.05, 3.63) is 58.9 Å². The number of nitrogens with zero attached hydrogens (tertiary/aromatic N) is 2. The van der Waals surface area contributed by atoms with Gasteiger partial charge in [-0.2, -0.15) is 0 Å². The fourth-order valence-corrected chi connectivity index (χ4v) is 5.68. The number of aromatic nitrogens is 1. The van der Waals surface area contributed by atoms with Gasteiger partial charge in [0, 0.05) is 24.5 Å². The molecule has 1 fully saturated rings. The van der Waals surface area contributed by atoms with Crippen molar-refractivity contribution in [3.8, 4) is 0 Å². The van der Waals surface area contributed by atoms with Crippen molar-refractivity contribution in [1.29, 1.82) is 0 Å². The van der Waals surface area contributed by atoms with Gasteiger partial charge in [0.25, 0.3) is 5.91 Å². The summed E-state index contributed by atoms with van der Waals surface area (Å²) >= 11 is 0. The Labute approximate surface area is 155 Å². The SMILES string of the molecule is Cc1cc(C(=O)N(C)[C@H]2CCS(=O)(=O)C2)c(C)n1[C@@H](C)c1ccccc1. The molecule has 1 aromatic carbocycles. The zero-order valence-corrected chi connectivity index (χ0v) is 16.6. The lowest BCUT2D eigenvalue weighted by molar-refractivity contribution is 0.0747. The third kappa shape index (κ3) is 3.43. The second kappa shape index (κ2) is 6.91. The Morgan fingerprint density at radius 1 is 1.23 bits per heavy atom. The highest BCUT2D eigenvalue weighted by molar-refractivity contribution is 7.91. The van der Waals surface area contributed by atoms with Gasteiger partial charge in [0.05, 0.1) is 23.1 Å². The van der Waals surface area contributed by atoms with Crippen molar-refractivity contribution in [3.63, 3.8) is 0 Å². The van der Waals surface area contributed by atoms with Crippen molar-refractivity contribution in [1.82, 2.24) is 9.47 Å². The topological polar surface area (TPSA) is 59.4 Å². The molecule has 0 unspecified atom stereocenters. The van der Waals surface area contributed by atoms with Gasteiger partial charge in [-0.05, 0) is 38.8 Å². The minimum Gasteiger partial charge on any atom is -0.341 e. The molecule has 2 aromatic rings. The molecular formula is C20H26N2O3S. The smallest absolute Gasteiger partial charge is 0.255 e. The van der Waals surface area contributed by atoms with E-state index in [0.717, 1.165) is 11.4 Å². The lowest BCUT2D eigenvalue weighted by Crippen LogP contribution is -2.38. The minimum absolute atomic E-state index is 0.0639. The van der Waals surface area contributed by atoms with Crippen molar-refractivity contribution in [2.45, 2.75) is 39.3 Å². The predicted molar refractivity (Wildman–Crippen MR) is 103 cm³/mol. The van der Waals surface area contributed by atoms with Crippen LogP contribution in [0.5, 0.6) is 0 Å². The molecule has 0 aliphatic carbocycles. The summed E-state index contributed by atoms with van der Waals surface area (Å²) in [5, 5.41) is 0. The van der Waals surface area contributed by atoms with Crippen molar-refractivity contribution in [2.75, 3.05) is 18.6 Å². The third-order valence-corrected chi connectivity index (χ3v) is 7.21. The maximum Gasteiger partial charge on any atom is 0.255 e. The van der Waals surface area contributed by atoms with Gasteiger partial charge in [0.1, 0.15) is 0 Å². The van der Waals surface area contributed by atoms with E-state index in [2.05, 4.69) is 23.6 Å². The number of aryl methyl sites for hydroxylation is 1. The van der Waals surface area contributed by atoms with E-state index in [1.807, 2.05) is 38.1 Å². The third-order valence-electron chi connectivity index (χ3n) is 5.46. The molecule has 6 heteroatoms. The molecule has 0 radical (unpaired) electrons. The van der Waals surface area contributed by atoms with Gasteiger partial charge in [0.15, 0.2) is 9.84 Å². The normalized spacial score (nSPS) is 20.1. The Kier molecular flexibility index (Phi) is 4.97. The molecule has 0 bridgehead atoms. The summed E-state index contributed by atoms with van der Waals surface area (Å²) in [7, 11) is -1.31. The second-order valence-electron chi connectivity index (χ2n) is 7.21. The number of carbonyl (C=O) groups excluding carboxylic acids is 1. The minimum atomic E-state index is -3.02. The highest BCUT2D eigenvalue weighted by Crippen LogP contribution is 2.27. The van der Waals surface area contributed by atoms with E-state index in [4.69, 9.17) is 0 Å². The summed E-state index contributed by atoms with van der Waals surface area (Å²) in [6.07, 6.45) is 0.518. The lowest BCUT2D eigenvalue weighted by atomic mass is 10.1. The van der Waals surface area contributed by atoms with Gasteiger partial charge < -0.3 is 9.47 Å². The molecular weight excluding hydrogens is 348 g/mol. The maximum atomic E-state index is 13.0. The van der Waals surface area contributed by atoms with E-state index < -0.39 is 9.84 Å². The van der Waals surface area contributed by atoms with E-state index in [-0.39, 0.29) is 29.5 Å². The van der Waals surface area contributed by atoms with E-state index in [1.165, 1.54) is 5.56 Å². The van der Waals surface area contributed by atoms with Crippen molar-refractivity contribution < 1.29 is 13.2 Å². The first kappa shape index (κ1) is 18.7. The molecule has 0 N–H and O–H groups in total. The van der Waals surface area contributed by atoms with E-state index >= 15 is 0 Å². The van der Waals surface area contributed by atoms with Crippen LogP contribution in [0.1, 0.15) is 46.7 Å². The summed E-state index contributed by atoms with van der Waals surface area (Å²) in [4.78, 5) is 14.6. The quantitative estimate of drug-likeness (QED) is 0.827. The largest absolute Gasteiger partial charge is 0.341 e. The highest BCUT2D eigenvalue weighted by Gasteiger charge is 2.34. The molecule has 2 heterocycles. The molecule has 0 saturated carbocycles. The number of rotatable bonds is 4. The van der Waals surface area contributed by atoms with Crippen LogP contribution in [0.2, 0.25) is 0 Å². The van der Waals surface area contributed by atoms with Gasteiger partial charge in [0.2, 0.25) is 0 Å².